The van der Waals surface area contributed by atoms with Crippen LogP contribution in [0, 0.1) is 5.82 Å². The Hall–Kier alpha value is -2.73. The molecule has 0 saturated carbocycles. The van der Waals surface area contributed by atoms with Crippen molar-refractivity contribution in [2.45, 2.75) is 6.42 Å². The molecule has 4 nitrogen and oxygen atoms in total. The second-order valence-corrected chi connectivity index (χ2v) is 6.25. The van der Waals surface area contributed by atoms with E-state index >= 15 is 0 Å². The Kier molecular flexibility index (Phi) is 3.31. The maximum atomic E-state index is 13.2. The van der Waals surface area contributed by atoms with Gasteiger partial charge in [-0.2, -0.15) is 0 Å². The van der Waals surface area contributed by atoms with Crippen LogP contribution in [0.2, 0.25) is 0 Å². The zero-order valence-electron chi connectivity index (χ0n) is 12.0. The second-order valence-electron chi connectivity index (χ2n) is 5.22. The molecule has 0 unspecified atom stereocenters. The Bertz CT molecular complexity index is 1020. The number of para-hydroxylation sites is 1. The molecule has 4 rings (SSSR count). The molecular formula is C17H12FN3OS. The van der Waals surface area contributed by atoms with Gasteiger partial charge in [0.05, 0.1) is 16.6 Å². The van der Waals surface area contributed by atoms with E-state index in [0.717, 1.165) is 16.5 Å². The van der Waals surface area contributed by atoms with E-state index < -0.39 is 0 Å². The fraction of sp³-hybridized carbons (Fsp3) is 0.0588. The Morgan fingerprint density at radius 2 is 2.13 bits per heavy atom. The van der Waals surface area contributed by atoms with Crippen LogP contribution in [0.4, 0.5) is 9.52 Å². The Balaban J connectivity index is 1.54. The highest BCUT2D eigenvalue weighted by Crippen LogP contribution is 2.27. The van der Waals surface area contributed by atoms with Crippen LogP contribution in [0.5, 0.6) is 0 Å². The van der Waals surface area contributed by atoms with Gasteiger partial charge in [-0.1, -0.05) is 29.5 Å². The first-order chi connectivity index (χ1) is 11.2. The monoisotopic (exact) mass is 325 g/mol. The van der Waals surface area contributed by atoms with Crippen molar-refractivity contribution in [3.05, 3.63) is 60.0 Å². The number of aromatic amines is 1. The van der Waals surface area contributed by atoms with Crippen LogP contribution in [0.15, 0.2) is 48.7 Å². The fourth-order valence-corrected chi connectivity index (χ4v) is 3.47. The second kappa shape index (κ2) is 5.48. The largest absolute Gasteiger partial charge is 0.361 e. The van der Waals surface area contributed by atoms with Crippen molar-refractivity contribution in [2.75, 3.05) is 5.32 Å². The lowest BCUT2D eigenvalue weighted by molar-refractivity contribution is -0.115. The number of hydrogen-bond donors (Lipinski definition) is 2. The first-order valence-corrected chi connectivity index (χ1v) is 7.91. The van der Waals surface area contributed by atoms with E-state index in [1.165, 1.54) is 23.5 Å². The average molecular weight is 325 g/mol. The van der Waals surface area contributed by atoms with E-state index in [1.54, 1.807) is 6.07 Å². The van der Waals surface area contributed by atoms with Crippen molar-refractivity contribution in [2.24, 2.45) is 0 Å². The lowest BCUT2D eigenvalue weighted by atomic mass is 10.1. The number of nitrogens with zero attached hydrogens (tertiary/aromatic N) is 1. The lowest BCUT2D eigenvalue weighted by Crippen LogP contribution is -2.13. The van der Waals surface area contributed by atoms with Crippen molar-refractivity contribution in [1.82, 2.24) is 9.97 Å². The van der Waals surface area contributed by atoms with E-state index in [-0.39, 0.29) is 18.1 Å². The standard InChI is InChI=1S/C17H12FN3OS/c18-11-5-6-14-15(8-11)23-17(20-14)21-16(22)7-10-9-19-13-4-2-1-3-12(10)13/h1-6,8-9,19H,7H2,(H,20,21,22). The fourth-order valence-electron chi connectivity index (χ4n) is 2.57. The lowest BCUT2D eigenvalue weighted by Gasteiger charge is -2.00. The van der Waals surface area contributed by atoms with Gasteiger partial charge in [0.1, 0.15) is 5.82 Å². The van der Waals surface area contributed by atoms with Gasteiger partial charge in [0.15, 0.2) is 5.13 Å². The highest BCUT2D eigenvalue weighted by atomic mass is 32.1. The van der Waals surface area contributed by atoms with Crippen LogP contribution in [0.25, 0.3) is 21.1 Å². The topological polar surface area (TPSA) is 57.8 Å². The third-order valence-electron chi connectivity index (χ3n) is 3.62. The number of amides is 1. The molecule has 0 saturated heterocycles. The quantitative estimate of drug-likeness (QED) is 0.596. The van der Waals surface area contributed by atoms with Gasteiger partial charge in [-0.15, -0.1) is 0 Å². The van der Waals surface area contributed by atoms with Gasteiger partial charge in [0, 0.05) is 17.1 Å². The Labute approximate surface area is 135 Å². The highest BCUT2D eigenvalue weighted by Gasteiger charge is 2.11. The molecule has 0 radical (unpaired) electrons. The van der Waals surface area contributed by atoms with Crippen LogP contribution in [0.3, 0.4) is 0 Å². The van der Waals surface area contributed by atoms with Crippen LogP contribution in [-0.2, 0) is 11.2 Å². The zero-order valence-corrected chi connectivity index (χ0v) is 12.8. The summed E-state index contributed by atoms with van der Waals surface area (Å²) in [6.45, 7) is 0. The predicted octanol–water partition coefficient (Wildman–Crippen LogP) is 4.10. The van der Waals surface area contributed by atoms with E-state index in [4.69, 9.17) is 0 Å². The van der Waals surface area contributed by atoms with Gasteiger partial charge in [-0.05, 0) is 29.8 Å². The van der Waals surface area contributed by atoms with Gasteiger partial charge >= 0.3 is 0 Å². The summed E-state index contributed by atoms with van der Waals surface area (Å²) in [7, 11) is 0. The third kappa shape index (κ3) is 2.68. The summed E-state index contributed by atoms with van der Waals surface area (Å²) in [5.41, 5.74) is 2.62. The molecule has 2 heterocycles. The summed E-state index contributed by atoms with van der Waals surface area (Å²) in [6, 6.07) is 12.2. The molecular weight excluding hydrogens is 313 g/mol. The van der Waals surface area contributed by atoms with Gasteiger partial charge in [0.25, 0.3) is 0 Å². The molecule has 0 aliphatic carbocycles. The van der Waals surface area contributed by atoms with Gasteiger partial charge in [0.2, 0.25) is 5.91 Å². The number of fused-ring (bicyclic) bond motifs is 2. The number of anilines is 1. The van der Waals surface area contributed by atoms with E-state index in [0.29, 0.717) is 15.3 Å². The Morgan fingerprint density at radius 3 is 3.04 bits per heavy atom. The number of hydrogen-bond acceptors (Lipinski definition) is 3. The molecule has 0 atom stereocenters. The van der Waals surface area contributed by atoms with Crippen LogP contribution in [-0.4, -0.2) is 15.9 Å². The number of benzene rings is 2. The molecule has 1 amide bonds. The van der Waals surface area contributed by atoms with Crippen molar-refractivity contribution >= 4 is 43.5 Å². The third-order valence-corrected chi connectivity index (χ3v) is 4.56. The van der Waals surface area contributed by atoms with E-state index in [2.05, 4.69) is 15.3 Å². The maximum Gasteiger partial charge on any atom is 0.230 e. The van der Waals surface area contributed by atoms with Gasteiger partial charge in [-0.3, -0.25) is 4.79 Å². The van der Waals surface area contributed by atoms with E-state index in [1.807, 2.05) is 30.5 Å². The normalized spacial score (nSPS) is 11.2. The van der Waals surface area contributed by atoms with Crippen molar-refractivity contribution in [3.8, 4) is 0 Å². The van der Waals surface area contributed by atoms with E-state index in [9.17, 15) is 9.18 Å². The molecule has 0 aliphatic heterocycles. The molecule has 4 aromatic rings. The molecule has 2 aromatic carbocycles. The molecule has 114 valence electrons. The van der Waals surface area contributed by atoms with Crippen LogP contribution >= 0.6 is 11.3 Å². The number of rotatable bonds is 3. The first-order valence-electron chi connectivity index (χ1n) is 7.10. The summed E-state index contributed by atoms with van der Waals surface area (Å²) in [6.07, 6.45) is 2.10. The molecule has 2 N–H and O–H groups in total. The SMILES string of the molecule is O=C(Cc1c[nH]c2ccccc12)Nc1nc2ccc(F)cc2s1. The molecule has 0 spiro atoms. The average Bonchev–Trinajstić information content (AvgIpc) is 3.11. The van der Waals surface area contributed by atoms with Crippen LogP contribution in [0.1, 0.15) is 5.56 Å². The number of carbonyl (C=O) groups is 1. The minimum Gasteiger partial charge on any atom is -0.361 e. The van der Waals surface area contributed by atoms with Gasteiger partial charge < -0.3 is 10.3 Å². The maximum absolute atomic E-state index is 13.2. The molecule has 0 aliphatic rings. The number of carbonyl (C=O) groups excluding carboxylic acids is 1. The number of halogens is 1. The molecule has 23 heavy (non-hydrogen) atoms. The summed E-state index contributed by atoms with van der Waals surface area (Å²) >= 11 is 1.27. The molecule has 0 bridgehead atoms. The van der Waals surface area contributed by atoms with Crippen molar-refractivity contribution in [1.29, 1.82) is 0 Å². The number of aromatic nitrogens is 2. The predicted molar refractivity (Wildman–Crippen MR) is 90.2 cm³/mol. The smallest absolute Gasteiger partial charge is 0.230 e. The number of H-pyrrole nitrogens is 1. The number of nitrogens with one attached hydrogen (secondary N) is 2. The Morgan fingerprint density at radius 1 is 1.26 bits per heavy atom. The summed E-state index contributed by atoms with van der Waals surface area (Å²) in [5.74, 6) is -0.452. The summed E-state index contributed by atoms with van der Waals surface area (Å²) in [5, 5.41) is 4.30. The molecule has 2 aromatic heterocycles. The first kappa shape index (κ1) is 13.9. The summed E-state index contributed by atoms with van der Waals surface area (Å²) in [4.78, 5) is 19.7. The zero-order chi connectivity index (χ0) is 15.8. The number of thiazole rings is 1. The minimum absolute atomic E-state index is 0.144. The van der Waals surface area contributed by atoms with Crippen molar-refractivity contribution in [3.63, 3.8) is 0 Å². The minimum atomic E-state index is -0.308. The van der Waals surface area contributed by atoms with Crippen molar-refractivity contribution < 1.29 is 9.18 Å². The van der Waals surface area contributed by atoms with Crippen LogP contribution < -0.4 is 5.32 Å². The van der Waals surface area contributed by atoms with Gasteiger partial charge in [-0.25, -0.2) is 9.37 Å². The summed E-state index contributed by atoms with van der Waals surface area (Å²) < 4.78 is 13.9. The molecule has 0 fully saturated rings. The molecule has 6 heteroatoms. The highest BCUT2D eigenvalue weighted by molar-refractivity contribution is 7.22.